The largest absolute Gasteiger partial charge is 0.404 e. The highest BCUT2D eigenvalue weighted by Crippen LogP contribution is 2.65. The average Bonchev–Trinajstić information content (AvgIpc) is 3.26. The van der Waals surface area contributed by atoms with Gasteiger partial charge < -0.3 is 15.0 Å². The molecule has 0 saturated heterocycles. The molecule has 4 fully saturated rings. The monoisotopic (exact) mass is 490 g/mol. The average molecular weight is 491 g/mol. The molecule has 2 aromatic heterocycles. The fourth-order valence-electron chi connectivity index (χ4n) is 6.93. The van der Waals surface area contributed by atoms with E-state index in [4.69, 9.17) is 0 Å². The number of nitrogens with zero attached hydrogens (tertiary/aromatic N) is 6. The van der Waals surface area contributed by atoms with Crippen LogP contribution in [0.25, 0.3) is 0 Å². The molecule has 0 radical (unpaired) electrons. The first-order valence-electron chi connectivity index (χ1n) is 10.8. The zero-order valence-electron chi connectivity index (χ0n) is 17.8. The molecule has 2 unspecified atom stereocenters. The maximum atomic E-state index is 13.2. The van der Waals surface area contributed by atoms with E-state index in [9.17, 15) is 14.9 Å². The highest BCUT2D eigenvalue weighted by atomic mass is 79.9. The van der Waals surface area contributed by atoms with Gasteiger partial charge in [-0.25, -0.2) is 0 Å². The summed E-state index contributed by atoms with van der Waals surface area (Å²) in [6, 6.07) is 1.94. The summed E-state index contributed by atoms with van der Waals surface area (Å²) in [5.41, 5.74) is 0.739. The Labute approximate surface area is 189 Å². The van der Waals surface area contributed by atoms with E-state index in [1.54, 1.807) is 22.0 Å². The van der Waals surface area contributed by atoms with E-state index in [0.717, 1.165) is 37.8 Å². The Morgan fingerprint density at radius 3 is 2.65 bits per heavy atom. The molecule has 4 aliphatic rings. The van der Waals surface area contributed by atoms with Gasteiger partial charge in [0.15, 0.2) is 0 Å². The van der Waals surface area contributed by atoms with Crippen molar-refractivity contribution in [1.29, 1.82) is 0 Å². The first-order chi connectivity index (χ1) is 14.7. The van der Waals surface area contributed by atoms with Crippen LogP contribution in [0.4, 0.5) is 5.82 Å². The summed E-state index contributed by atoms with van der Waals surface area (Å²) in [6.45, 7) is 0.543. The molecule has 2 aromatic rings. The molecule has 1 amide bonds. The molecule has 4 bridgehead atoms. The van der Waals surface area contributed by atoms with Gasteiger partial charge in [0.1, 0.15) is 4.47 Å². The van der Waals surface area contributed by atoms with Gasteiger partial charge in [-0.3, -0.25) is 9.48 Å². The number of aromatic nitrogens is 4. The lowest BCUT2D eigenvalue weighted by Gasteiger charge is -2.61. The van der Waals surface area contributed by atoms with E-state index in [1.807, 2.05) is 24.8 Å². The summed E-state index contributed by atoms with van der Waals surface area (Å²) >= 11 is 3.31. The van der Waals surface area contributed by atoms with Crippen LogP contribution in [0.3, 0.4) is 0 Å². The molecule has 166 valence electrons. The first kappa shape index (κ1) is 20.7. The Balaban J connectivity index is 1.39. The van der Waals surface area contributed by atoms with Gasteiger partial charge in [-0.15, -0.1) is 0 Å². The Hall–Kier alpha value is -2.23. The Morgan fingerprint density at radius 2 is 2.06 bits per heavy atom. The normalized spacial score (nSPS) is 31.2. The molecule has 0 aromatic carbocycles. The van der Waals surface area contributed by atoms with E-state index < -0.39 is 4.92 Å². The molecule has 2 atom stereocenters. The minimum Gasteiger partial charge on any atom is -0.358 e. The number of hydrogen-bond acceptors (Lipinski definition) is 5. The number of amides is 1. The molecule has 0 aliphatic heterocycles. The topological polar surface area (TPSA) is 99.1 Å². The molecule has 31 heavy (non-hydrogen) atoms. The molecule has 0 N–H and O–H groups in total. The molecule has 4 aliphatic carbocycles. The van der Waals surface area contributed by atoms with Gasteiger partial charge in [-0.2, -0.15) is 9.78 Å². The van der Waals surface area contributed by atoms with Gasteiger partial charge in [0.05, 0.1) is 29.1 Å². The zero-order chi connectivity index (χ0) is 22.0. The number of hydrogen-bond donors (Lipinski definition) is 0. The molecule has 9 nitrogen and oxygen atoms in total. The lowest BCUT2D eigenvalue weighted by Crippen LogP contribution is -2.57. The number of rotatable bonds is 6. The summed E-state index contributed by atoms with van der Waals surface area (Å²) in [5.74, 6) is 1.14. The van der Waals surface area contributed by atoms with Crippen LogP contribution in [0.5, 0.6) is 0 Å². The third-order valence-electron chi connectivity index (χ3n) is 7.74. The van der Waals surface area contributed by atoms with E-state index in [1.165, 1.54) is 6.42 Å². The van der Waals surface area contributed by atoms with Crippen LogP contribution in [0.15, 0.2) is 22.9 Å². The van der Waals surface area contributed by atoms with Crippen molar-refractivity contribution in [3.05, 3.63) is 38.7 Å². The molecular formula is C21H27BrN6O3. The van der Waals surface area contributed by atoms with Gasteiger partial charge in [-0.1, -0.05) is 0 Å². The van der Waals surface area contributed by atoms with Gasteiger partial charge in [0.2, 0.25) is 5.91 Å². The van der Waals surface area contributed by atoms with Gasteiger partial charge in [-0.05, 0) is 82.7 Å². The first-order valence-corrected chi connectivity index (χ1v) is 11.6. The summed E-state index contributed by atoms with van der Waals surface area (Å²) in [6.07, 6.45) is 10.2. The second-order valence-electron chi connectivity index (χ2n) is 10.1. The smallest absolute Gasteiger partial charge is 0.358 e. The predicted molar refractivity (Wildman–Crippen MR) is 116 cm³/mol. The van der Waals surface area contributed by atoms with E-state index in [-0.39, 0.29) is 22.7 Å². The van der Waals surface area contributed by atoms with E-state index >= 15 is 0 Å². The molecule has 10 heteroatoms. The minimum absolute atomic E-state index is 0.0465. The number of aryl methyl sites for hydroxylation is 1. The third kappa shape index (κ3) is 3.48. The highest BCUT2D eigenvalue weighted by molar-refractivity contribution is 9.10. The fourth-order valence-corrected chi connectivity index (χ4v) is 7.35. The second kappa shape index (κ2) is 7.15. The Morgan fingerprint density at radius 1 is 1.35 bits per heavy atom. The van der Waals surface area contributed by atoms with Crippen LogP contribution in [-0.4, -0.2) is 42.3 Å². The van der Waals surface area contributed by atoms with Gasteiger partial charge >= 0.3 is 5.82 Å². The van der Waals surface area contributed by atoms with Crippen molar-refractivity contribution < 1.29 is 9.72 Å². The number of nitro groups is 1. The van der Waals surface area contributed by atoms with Crippen molar-refractivity contribution in [3.8, 4) is 0 Å². The SMILES string of the molecule is CN(Cc1ccnn1C)C(=O)CC12CC3CC(C1)CC(n1cc(Br)c([N+](=O)[O-])n1)(C3)C2. The second-order valence-corrected chi connectivity index (χ2v) is 10.9. The summed E-state index contributed by atoms with van der Waals surface area (Å²) in [7, 11) is 3.75. The maximum absolute atomic E-state index is 13.2. The van der Waals surface area contributed by atoms with Crippen LogP contribution in [0, 0.1) is 27.4 Å². The maximum Gasteiger partial charge on any atom is 0.404 e. The van der Waals surface area contributed by atoms with E-state index in [0.29, 0.717) is 29.3 Å². The van der Waals surface area contributed by atoms with Crippen molar-refractivity contribution in [2.24, 2.45) is 24.3 Å². The van der Waals surface area contributed by atoms with Crippen LogP contribution in [0.1, 0.15) is 50.6 Å². The summed E-state index contributed by atoms with van der Waals surface area (Å²) in [5, 5.41) is 19.9. The molecule has 0 spiro atoms. The highest BCUT2D eigenvalue weighted by Gasteiger charge is 2.60. The quantitative estimate of drug-likeness (QED) is 0.454. The number of halogens is 1. The van der Waals surface area contributed by atoms with Crippen molar-refractivity contribution in [1.82, 2.24) is 24.5 Å². The van der Waals surface area contributed by atoms with Gasteiger partial charge in [0, 0.05) is 26.7 Å². The van der Waals surface area contributed by atoms with Crippen molar-refractivity contribution in [2.45, 2.75) is 57.0 Å². The predicted octanol–water partition coefficient (Wildman–Crippen LogP) is 3.63. The Bertz CT molecular complexity index is 1030. The fraction of sp³-hybridized carbons (Fsp3) is 0.667. The minimum atomic E-state index is -0.437. The van der Waals surface area contributed by atoms with Crippen LogP contribution >= 0.6 is 15.9 Å². The van der Waals surface area contributed by atoms with Crippen LogP contribution in [-0.2, 0) is 23.9 Å². The van der Waals surface area contributed by atoms with Crippen molar-refractivity contribution in [2.75, 3.05) is 7.05 Å². The van der Waals surface area contributed by atoms with Crippen LogP contribution < -0.4 is 0 Å². The zero-order valence-corrected chi connectivity index (χ0v) is 19.4. The lowest BCUT2D eigenvalue weighted by molar-refractivity contribution is -0.390. The lowest BCUT2D eigenvalue weighted by atomic mass is 9.46. The summed E-state index contributed by atoms with van der Waals surface area (Å²) < 4.78 is 4.08. The summed E-state index contributed by atoms with van der Waals surface area (Å²) in [4.78, 5) is 25.9. The standard InChI is InChI=1S/C21H27BrN6O3/c1-25(11-16-3-4-23-26(16)2)18(29)10-20-6-14-5-15(7-20)9-21(8-14,13-20)27-12-17(22)19(24-27)28(30)31/h3-4,12,14-15H,5-11,13H2,1-2H3. The van der Waals surface area contributed by atoms with E-state index in [2.05, 4.69) is 26.1 Å². The van der Waals surface area contributed by atoms with Crippen LogP contribution in [0.2, 0.25) is 0 Å². The Kier molecular flexibility index (Phi) is 4.76. The van der Waals surface area contributed by atoms with Crippen molar-refractivity contribution in [3.63, 3.8) is 0 Å². The molecular weight excluding hydrogens is 464 g/mol. The number of carbonyl (C=O) groups is 1. The third-order valence-corrected chi connectivity index (χ3v) is 8.29. The van der Waals surface area contributed by atoms with Crippen molar-refractivity contribution >= 4 is 27.7 Å². The molecule has 2 heterocycles. The molecule has 4 saturated carbocycles. The molecule has 6 rings (SSSR count). The van der Waals surface area contributed by atoms with Gasteiger partial charge in [0.25, 0.3) is 0 Å². The number of carbonyl (C=O) groups excluding carboxylic acids is 1.